The Hall–Kier alpha value is -1.06. The van der Waals surface area contributed by atoms with Crippen LogP contribution >= 0.6 is 0 Å². The third-order valence-corrected chi connectivity index (χ3v) is 4.16. The van der Waals surface area contributed by atoms with E-state index in [1.807, 2.05) is 6.07 Å². The number of nitrogens with one attached hydrogen (secondary N) is 1. The summed E-state index contributed by atoms with van der Waals surface area (Å²) >= 11 is 0. The first-order valence-electron chi connectivity index (χ1n) is 8.29. The summed E-state index contributed by atoms with van der Waals surface area (Å²) in [6.45, 7) is 4.25. The molecule has 1 saturated heterocycles. The number of rotatable bonds is 9. The van der Waals surface area contributed by atoms with E-state index in [2.05, 4.69) is 30.4 Å². The molecule has 1 N–H and O–H groups in total. The van der Waals surface area contributed by atoms with Crippen LogP contribution in [0.2, 0.25) is 0 Å². The Morgan fingerprint density at radius 1 is 1.43 bits per heavy atom. The predicted octanol–water partition coefficient (Wildman–Crippen LogP) is 3.57. The summed E-state index contributed by atoms with van der Waals surface area (Å²) in [4.78, 5) is 0. The van der Waals surface area contributed by atoms with E-state index in [1.165, 1.54) is 37.7 Å². The van der Waals surface area contributed by atoms with Crippen molar-refractivity contribution in [1.29, 1.82) is 0 Å². The van der Waals surface area contributed by atoms with Crippen molar-refractivity contribution >= 4 is 0 Å². The van der Waals surface area contributed by atoms with E-state index < -0.39 is 0 Å². The first-order valence-corrected chi connectivity index (χ1v) is 8.29. The first-order chi connectivity index (χ1) is 10.3. The molecule has 21 heavy (non-hydrogen) atoms. The predicted molar refractivity (Wildman–Crippen MR) is 87.0 cm³/mol. The molecule has 2 unspecified atom stereocenters. The van der Waals surface area contributed by atoms with Gasteiger partial charge in [0, 0.05) is 12.6 Å². The Labute approximate surface area is 129 Å². The topological polar surface area (TPSA) is 30.5 Å². The maximum absolute atomic E-state index is 5.75. The lowest BCUT2D eigenvalue weighted by Crippen LogP contribution is -2.32. The fourth-order valence-corrected chi connectivity index (χ4v) is 2.97. The monoisotopic (exact) mass is 291 g/mol. The molecule has 1 aromatic rings. The van der Waals surface area contributed by atoms with Gasteiger partial charge in [0.05, 0.1) is 13.2 Å². The SMILES string of the molecule is CCCNC(CCC1CCCO1)Cc1cccc(OC)c1. The van der Waals surface area contributed by atoms with Crippen molar-refractivity contribution < 1.29 is 9.47 Å². The van der Waals surface area contributed by atoms with E-state index in [0.717, 1.165) is 25.3 Å². The molecule has 0 radical (unpaired) electrons. The molecule has 1 aliphatic rings. The van der Waals surface area contributed by atoms with Crippen molar-refractivity contribution in [3.05, 3.63) is 29.8 Å². The summed E-state index contributed by atoms with van der Waals surface area (Å²) in [6, 6.07) is 8.94. The van der Waals surface area contributed by atoms with E-state index in [9.17, 15) is 0 Å². The van der Waals surface area contributed by atoms with Crippen molar-refractivity contribution in [1.82, 2.24) is 5.32 Å². The minimum Gasteiger partial charge on any atom is -0.497 e. The average molecular weight is 291 g/mol. The number of benzene rings is 1. The van der Waals surface area contributed by atoms with Gasteiger partial charge in [-0.15, -0.1) is 0 Å². The molecule has 3 heteroatoms. The lowest BCUT2D eigenvalue weighted by molar-refractivity contribution is 0.0995. The van der Waals surface area contributed by atoms with Crippen LogP contribution in [0.15, 0.2) is 24.3 Å². The average Bonchev–Trinajstić information content (AvgIpc) is 3.03. The third-order valence-electron chi connectivity index (χ3n) is 4.16. The van der Waals surface area contributed by atoms with E-state index >= 15 is 0 Å². The standard InChI is InChI=1S/C18H29NO2/c1-3-11-19-16(9-10-17-8-5-12-21-17)13-15-6-4-7-18(14-15)20-2/h4,6-7,14,16-17,19H,3,5,8-13H2,1-2H3. The number of hydrogen-bond donors (Lipinski definition) is 1. The van der Waals surface area contributed by atoms with Crippen LogP contribution in [0.25, 0.3) is 0 Å². The number of methoxy groups -OCH3 is 1. The minimum atomic E-state index is 0.487. The molecule has 0 spiro atoms. The van der Waals surface area contributed by atoms with Crippen LogP contribution in [0, 0.1) is 0 Å². The van der Waals surface area contributed by atoms with E-state index in [4.69, 9.17) is 9.47 Å². The van der Waals surface area contributed by atoms with Crippen LogP contribution < -0.4 is 10.1 Å². The van der Waals surface area contributed by atoms with Crippen LogP contribution in [-0.2, 0) is 11.2 Å². The lowest BCUT2D eigenvalue weighted by atomic mass is 9.99. The number of hydrogen-bond acceptors (Lipinski definition) is 3. The van der Waals surface area contributed by atoms with Crippen LogP contribution in [0.5, 0.6) is 5.75 Å². The van der Waals surface area contributed by atoms with E-state index in [-0.39, 0.29) is 0 Å². The second-order valence-corrected chi connectivity index (χ2v) is 5.92. The summed E-state index contributed by atoms with van der Waals surface area (Å²) in [6.07, 6.45) is 7.54. The third kappa shape index (κ3) is 5.68. The highest BCUT2D eigenvalue weighted by Gasteiger charge is 2.18. The van der Waals surface area contributed by atoms with Crippen LogP contribution in [-0.4, -0.2) is 32.4 Å². The van der Waals surface area contributed by atoms with Crippen molar-refractivity contribution in [3.63, 3.8) is 0 Å². The summed E-state index contributed by atoms with van der Waals surface area (Å²) in [7, 11) is 1.73. The van der Waals surface area contributed by atoms with Crippen molar-refractivity contribution in [2.24, 2.45) is 0 Å². The molecule has 1 fully saturated rings. The normalized spacial score (nSPS) is 19.6. The smallest absolute Gasteiger partial charge is 0.119 e. The molecule has 0 bridgehead atoms. The van der Waals surface area contributed by atoms with Crippen molar-refractivity contribution in [2.75, 3.05) is 20.3 Å². The van der Waals surface area contributed by atoms with Gasteiger partial charge in [-0.1, -0.05) is 19.1 Å². The van der Waals surface area contributed by atoms with Gasteiger partial charge in [-0.25, -0.2) is 0 Å². The Morgan fingerprint density at radius 3 is 3.05 bits per heavy atom. The van der Waals surface area contributed by atoms with Crippen LogP contribution in [0.3, 0.4) is 0 Å². The Bertz CT molecular complexity index is 402. The molecule has 0 amide bonds. The molecular formula is C18H29NO2. The molecule has 2 rings (SSSR count). The molecule has 0 aromatic heterocycles. The minimum absolute atomic E-state index is 0.487. The van der Waals surface area contributed by atoms with E-state index in [0.29, 0.717) is 12.1 Å². The fourth-order valence-electron chi connectivity index (χ4n) is 2.97. The molecule has 0 aliphatic carbocycles. The highest BCUT2D eigenvalue weighted by molar-refractivity contribution is 5.28. The van der Waals surface area contributed by atoms with Gasteiger partial charge in [-0.05, 0) is 62.8 Å². The van der Waals surface area contributed by atoms with Crippen LogP contribution in [0.4, 0.5) is 0 Å². The maximum Gasteiger partial charge on any atom is 0.119 e. The molecule has 0 saturated carbocycles. The second kappa shape index (κ2) is 9.06. The quantitative estimate of drug-likeness (QED) is 0.754. The molecular weight excluding hydrogens is 262 g/mol. The second-order valence-electron chi connectivity index (χ2n) is 5.92. The largest absolute Gasteiger partial charge is 0.497 e. The molecule has 118 valence electrons. The van der Waals surface area contributed by atoms with Gasteiger partial charge in [0.1, 0.15) is 5.75 Å². The molecule has 1 aliphatic heterocycles. The highest BCUT2D eigenvalue weighted by atomic mass is 16.5. The lowest BCUT2D eigenvalue weighted by Gasteiger charge is -2.20. The fraction of sp³-hybridized carbons (Fsp3) is 0.667. The van der Waals surface area contributed by atoms with E-state index in [1.54, 1.807) is 7.11 Å². The summed E-state index contributed by atoms with van der Waals surface area (Å²) in [5, 5.41) is 3.68. The van der Waals surface area contributed by atoms with Gasteiger partial charge in [-0.3, -0.25) is 0 Å². The summed E-state index contributed by atoms with van der Waals surface area (Å²) < 4.78 is 11.1. The van der Waals surface area contributed by atoms with Gasteiger partial charge in [0.2, 0.25) is 0 Å². The first kappa shape index (κ1) is 16.3. The molecule has 1 heterocycles. The zero-order chi connectivity index (χ0) is 14.9. The van der Waals surface area contributed by atoms with Gasteiger partial charge >= 0.3 is 0 Å². The highest BCUT2D eigenvalue weighted by Crippen LogP contribution is 2.20. The zero-order valence-corrected chi connectivity index (χ0v) is 13.4. The Kier molecular flexibility index (Phi) is 7.04. The van der Waals surface area contributed by atoms with Gasteiger partial charge in [-0.2, -0.15) is 0 Å². The maximum atomic E-state index is 5.75. The summed E-state index contributed by atoms with van der Waals surface area (Å²) in [5.74, 6) is 0.945. The van der Waals surface area contributed by atoms with Crippen molar-refractivity contribution in [3.8, 4) is 5.75 Å². The molecule has 1 aromatic carbocycles. The molecule has 3 nitrogen and oxygen atoms in total. The van der Waals surface area contributed by atoms with Gasteiger partial charge < -0.3 is 14.8 Å². The van der Waals surface area contributed by atoms with Crippen molar-refractivity contribution in [2.45, 2.75) is 57.6 Å². The van der Waals surface area contributed by atoms with Crippen LogP contribution in [0.1, 0.15) is 44.6 Å². The number of ether oxygens (including phenoxy) is 2. The Balaban J connectivity index is 1.87. The van der Waals surface area contributed by atoms with Gasteiger partial charge in [0.25, 0.3) is 0 Å². The summed E-state index contributed by atoms with van der Waals surface area (Å²) in [5.41, 5.74) is 1.34. The molecule has 2 atom stereocenters. The Morgan fingerprint density at radius 2 is 2.33 bits per heavy atom. The van der Waals surface area contributed by atoms with Gasteiger partial charge in [0.15, 0.2) is 0 Å². The zero-order valence-electron chi connectivity index (χ0n) is 13.4.